The quantitative estimate of drug-likeness (QED) is 0.797. The number of nitrogens with two attached hydrogens (primary N) is 1. The van der Waals surface area contributed by atoms with Gasteiger partial charge in [0.25, 0.3) is 0 Å². The van der Waals surface area contributed by atoms with Crippen molar-refractivity contribution in [1.29, 1.82) is 0 Å². The lowest BCUT2D eigenvalue weighted by Gasteiger charge is -2.31. The lowest BCUT2D eigenvalue weighted by molar-refractivity contribution is -0.140. The summed E-state index contributed by atoms with van der Waals surface area (Å²) in [6.07, 6.45) is 1.38. The average Bonchev–Trinajstić information content (AvgIpc) is 2.90. The summed E-state index contributed by atoms with van der Waals surface area (Å²) in [5.41, 5.74) is 4.73. The van der Waals surface area contributed by atoms with Crippen LogP contribution in [0, 0.1) is 5.92 Å². The fraction of sp³-hybridized carbons (Fsp3) is 0.812. The number of alkyl carbamates (subject to hydrolysis) is 1. The molecular formula is C16H29N3O4. The van der Waals surface area contributed by atoms with E-state index in [9.17, 15) is 14.4 Å². The largest absolute Gasteiger partial charge is 0.444 e. The highest BCUT2D eigenvalue weighted by Crippen LogP contribution is 2.21. The van der Waals surface area contributed by atoms with Crippen LogP contribution >= 0.6 is 0 Å². The molecular weight excluding hydrogens is 298 g/mol. The topological polar surface area (TPSA) is 102 Å². The fourth-order valence-corrected chi connectivity index (χ4v) is 2.62. The molecule has 0 radical (unpaired) electrons. The van der Waals surface area contributed by atoms with Crippen molar-refractivity contribution < 1.29 is 19.1 Å². The minimum absolute atomic E-state index is 0.0795. The lowest BCUT2D eigenvalue weighted by Crippen LogP contribution is -2.55. The fourth-order valence-electron chi connectivity index (χ4n) is 2.62. The van der Waals surface area contributed by atoms with Gasteiger partial charge in [0.1, 0.15) is 17.7 Å². The zero-order valence-corrected chi connectivity index (χ0v) is 14.7. The minimum atomic E-state index is -0.727. The summed E-state index contributed by atoms with van der Waals surface area (Å²) < 4.78 is 5.24. The van der Waals surface area contributed by atoms with Crippen molar-refractivity contribution in [2.45, 2.75) is 71.6 Å². The first-order valence-electron chi connectivity index (χ1n) is 8.16. The Labute approximate surface area is 137 Å². The summed E-state index contributed by atoms with van der Waals surface area (Å²) in [6, 6.07) is -1.32. The van der Waals surface area contributed by atoms with Gasteiger partial charge in [-0.15, -0.1) is 0 Å². The maximum absolute atomic E-state index is 12.8. The Bertz CT molecular complexity index is 459. The Balaban J connectivity index is 2.87. The van der Waals surface area contributed by atoms with Crippen LogP contribution in [0.2, 0.25) is 0 Å². The second-order valence-corrected chi connectivity index (χ2v) is 7.10. The van der Waals surface area contributed by atoms with Crippen LogP contribution in [0.5, 0.6) is 0 Å². The van der Waals surface area contributed by atoms with Gasteiger partial charge in [0.2, 0.25) is 11.8 Å². The predicted octanol–water partition coefficient (Wildman–Crippen LogP) is 1.40. The van der Waals surface area contributed by atoms with Crippen LogP contribution in [0.3, 0.4) is 0 Å². The number of nitrogens with zero attached hydrogens (tertiary/aromatic N) is 1. The Morgan fingerprint density at radius 2 is 1.96 bits per heavy atom. The van der Waals surface area contributed by atoms with Crippen LogP contribution in [0.15, 0.2) is 0 Å². The molecule has 23 heavy (non-hydrogen) atoms. The first kappa shape index (κ1) is 19.3. The highest BCUT2D eigenvalue weighted by atomic mass is 16.6. The standard InChI is InChI=1S/C16H29N3O4/c1-6-10(2)12(18-15(22)23-16(3,4)5)14(21)19-9-7-8-11(19)13(17)20/h10-12H,6-9H2,1-5H3,(H2,17,20)(H,18,22)/t10-,11+,12+/m1/s1. The Hall–Kier alpha value is -1.79. The third-order valence-corrected chi connectivity index (χ3v) is 4.02. The number of primary amides is 1. The molecule has 0 aromatic heterocycles. The van der Waals surface area contributed by atoms with Crippen molar-refractivity contribution in [2.24, 2.45) is 11.7 Å². The van der Waals surface area contributed by atoms with Gasteiger partial charge in [-0.3, -0.25) is 9.59 Å². The van der Waals surface area contributed by atoms with E-state index in [1.807, 2.05) is 13.8 Å². The number of amides is 3. The van der Waals surface area contributed by atoms with Gasteiger partial charge in [0.05, 0.1) is 0 Å². The number of rotatable bonds is 5. The number of hydrogen-bond donors (Lipinski definition) is 2. The summed E-state index contributed by atoms with van der Waals surface area (Å²) in [6.45, 7) is 9.59. The molecule has 0 spiro atoms. The summed E-state index contributed by atoms with van der Waals surface area (Å²) in [4.78, 5) is 37.8. The number of carbonyl (C=O) groups excluding carboxylic acids is 3. The highest BCUT2D eigenvalue weighted by Gasteiger charge is 2.38. The van der Waals surface area contributed by atoms with Crippen LogP contribution < -0.4 is 11.1 Å². The van der Waals surface area contributed by atoms with Crippen molar-refractivity contribution in [3.63, 3.8) is 0 Å². The van der Waals surface area contributed by atoms with E-state index >= 15 is 0 Å². The van der Waals surface area contributed by atoms with E-state index in [0.717, 1.165) is 6.42 Å². The molecule has 0 aromatic carbocycles. The van der Waals surface area contributed by atoms with Crippen molar-refractivity contribution >= 4 is 17.9 Å². The molecule has 7 heteroatoms. The molecule has 0 unspecified atom stereocenters. The molecule has 7 nitrogen and oxygen atoms in total. The van der Waals surface area contributed by atoms with Crippen LogP contribution in [0.4, 0.5) is 4.79 Å². The summed E-state index contributed by atoms with van der Waals surface area (Å²) >= 11 is 0. The molecule has 0 saturated carbocycles. The van der Waals surface area contributed by atoms with Gasteiger partial charge >= 0.3 is 6.09 Å². The third kappa shape index (κ3) is 5.41. The normalized spacial score (nSPS) is 20.7. The number of ether oxygens (including phenoxy) is 1. The molecule has 1 saturated heterocycles. The first-order valence-corrected chi connectivity index (χ1v) is 8.16. The van der Waals surface area contributed by atoms with Crippen molar-refractivity contribution in [3.8, 4) is 0 Å². The maximum Gasteiger partial charge on any atom is 0.408 e. The van der Waals surface area contributed by atoms with Crippen LogP contribution in [-0.4, -0.2) is 47.0 Å². The van der Waals surface area contributed by atoms with E-state index in [1.165, 1.54) is 4.90 Å². The van der Waals surface area contributed by atoms with E-state index in [1.54, 1.807) is 20.8 Å². The highest BCUT2D eigenvalue weighted by molar-refractivity contribution is 5.91. The third-order valence-electron chi connectivity index (χ3n) is 4.02. The van der Waals surface area contributed by atoms with Crippen molar-refractivity contribution in [2.75, 3.05) is 6.54 Å². The molecule has 3 amide bonds. The predicted molar refractivity (Wildman–Crippen MR) is 86.5 cm³/mol. The molecule has 1 rings (SSSR count). The maximum atomic E-state index is 12.8. The summed E-state index contributed by atoms with van der Waals surface area (Å²) in [5.74, 6) is -0.855. The van der Waals surface area contributed by atoms with Gasteiger partial charge in [-0.2, -0.15) is 0 Å². The molecule has 1 aliphatic rings. The molecule has 0 aliphatic carbocycles. The van der Waals surface area contributed by atoms with Crippen molar-refractivity contribution in [1.82, 2.24) is 10.2 Å². The molecule has 3 atom stereocenters. The van der Waals surface area contributed by atoms with Crippen molar-refractivity contribution in [3.05, 3.63) is 0 Å². The molecule has 1 heterocycles. The van der Waals surface area contributed by atoms with Gasteiger partial charge in [0.15, 0.2) is 0 Å². The summed E-state index contributed by atoms with van der Waals surface area (Å²) in [7, 11) is 0. The van der Waals surface area contributed by atoms with Crippen LogP contribution in [0.1, 0.15) is 53.9 Å². The average molecular weight is 327 g/mol. The number of carbonyl (C=O) groups is 3. The Kier molecular flexibility index (Phi) is 6.41. The lowest BCUT2D eigenvalue weighted by atomic mass is 9.97. The molecule has 0 aromatic rings. The second-order valence-electron chi connectivity index (χ2n) is 7.10. The number of nitrogens with one attached hydrogen (secondary N) is 1. The van der Waals surface area contributed by atoms with E-state index in [-0.39, 0.29) is 11.8 Å². The van der Waals surface area contributed by atoms with Gasteiger partial charge in [-0.1, -0.05) is 20.3 Å². The summed E-state index contributed by atoms with van der Waals surface area (Å²) in [5, 5.41) is 2.66. The zero-order valence-electron chi connectivity index (χ0n) is 14.7. The molecule has 132 valence electrons. The van der Waals surface area contributed by atoms with E-state index in [2.05, 4.69) is 5.32 Å². The Morgan fingerprint density at radius 1 is 1.35 bits per heavy atom. The van der Waals surface area contributed by atoms with Gasteiger partial charge in [-0.25, -0.2) is 4.79 Å². The molecule has 1 fully saturated rings. The molecule has 0 bridgehead atoms. The monoisotopic (exact) mass is 327 g/mol. The van der Waals surface area contributed by atoms with Crippen LogP contribution in [0.25, 0.3) is 0 Å². The zero-order chi connectivity index (χ0) is 17.8. The SMILES string of the molecule is CC[C@@H](C)[C@H](NC(=O)OC(C)(C)C)C(=O)N1CCC[C@H]1C(N)=O. The van der Waals surface area contributed by atoms with E-state index in [4.69, 9.17) is 10.5 Å². The van der Waals surface area contributed by atoms with Gasteiger partial charge in [0, 0.05) is 6.54 Å². The van der Waals surface area contributed by atoms with E-state index < -0.39 is 29.7 Å². The number of likely N-dealkylation sites (tertiary alicyclic amines) is 1. The second kappa shape index (κ2) is 7.66. The number of hydrogen-bond acceptors (Lipinski definition) is 4. The van der Waals surface area contributed by atoms with Gasteiger partial charge in [-0.05, 0) is 39.5 Å². The van der Waals surface area contributed by atoms with E-state index in [0.29, 0.717) is 19.4 Å². The smallest absolute Gasteiger partial charge is 0.408 e. The van der Waals surface area contributed by atoms with Gasteiger partial charge < -0.3 is 20.7 Å². The Morgan fingerprint density at radius 3 is 2.43 bits per heavy atom. The minimum Gasteiger partial charge on any atom is -0.444 e. The first-order chi connectivity index (χ1) is 10.6. The molecule has 3 N–H and O–H groups in total. The molecule has 1 aliphatic heterocycles. The van der Waals surface area contributed by atoms with Crippen LogP contribution in [-0.2, 0) is 14.3 Å².